The molecule has 0 bridgehead atoms. The largest absolute Gasteiger partial charge is 0.319 e. The Morgan fingerprint density at radius 2 is 1.84 bits per heavy atom. The van der Waals surface area contributed by atoms with Gasteiger partial charge in [-0.25, -0.2) is 4.39 Å². The smallest absolute Gasteiger partial charge is 0.255 e. The summed E-state index contributed by atoms with van der Waals surface area (Å²) in [7, 11) is 0. The van der Waals surface area contributed by atoms with Crippen molar-refractivity contribution in [3.63, 3.8) is 0 Å². The third kappa shape index (κ3) is 3.20. The van der Waals surface area contributed by atoms with Crippen molar-refractivity contribution in [3.05, 3.63) is 63.4 Å². The van der Waals surface area contributed by atoms with Crippen molar-refractivity contribution >= 4 is 27.5 Å². The van der Waals surface area contributed by atoms with Gasteiger partial charge in [-0.1, -0.05) is 22.0 Å². The molecular formula is C15H13BrFNO. The first-order valence-electron chi connectivity index (χ1n) is 5.81. The molecule has 1 N–H and O–H groups in total. The molecule has 0 unspecified atom stereocenters. The van der Waals surface area contributed by atoms with E-state index >= 15 is 0 Å². The number of rotatable bonds is 2. The average molecular weight is 322 g/mol. The highest BCUT2D eigenvalue weighted by atomic mass is 79.9. The topological polar surface area (TPSA) is 29.1 Å². The summed E-state index contributed by atoms with van der Waals surface area (Å²) in [6.45, 7) is 3.91. The van der Waals surface area contributed by atoms with Crippen LogP contribution in [0.1, 0.15) is 21.5 Å². The van der Waals surface area contributed by atoms with Crippen molar-refractivity contribution in [3.8, 4) is 0 Å². The number of benzene rings is 2. The van der Waals surface area contributed by atoms with Crippen LogP contribution in [-0.4, -0.2) is 5.91 Å². The molecule has 2 aromatic carbocycles. The van der Waals surface area contributed by atoms with Crippen LogP contribution in [0, 0.1) is 19.7 Å². The zero-order valence-electron chi connectivity index (χ0n) is 10.6. The van der Waals surface area contributed by atoms with Crippen molar-refractivity contribution in [2.75, 3.05) is 5.32 Å². The third-order valence-electron chi connectivity index (χ3n) is 2.95. The molecule has 0 aliphatic heterocycles. The van der Waals surface area contributed by atoms with E-state index < -0.39 is 5.82 Å². The summed E-state index contributed by atoms with van der Waals surface area (Å²) in [6.07, 6.45) is 0. The lowest BCUT2D eigenvalue weighted by Crippen LogP contribution is -2.13. The molecule has 2 rings (SSSR count). The molecule has 1 amide bonds. The lowest BCUT2D eigenvalue weighted by Gasteiger charge is -2.08. The molecule has 0 radical (unpaired) electrons. The van der Waals surface area contributed by atoms with Crippen molar-refractivity contribution < 1.29 is 9.18 Å². The molecule has 0 spiro atoms. The molecule has 0 aromatic heterocycles. The summed E-state index contributed by atoms with van der Waals surface area (Å²) in [5.41, 5.74) is 2.84. The van der Waals surface area contributed by atoms with Gasteiger partial charge in [-0.05, 0) is 55.3 Å². The zero-order valence-corrected chi connectivity index (χ0v) is 12.2. The van der Waals surface area contributed by atoms with Crippen LogP contribution in [0.15, 0.2) is 40.9 Å². The van der Waals surface area contributed by atoms with Crippen LogP contribution in [0.4, 0.5) is 10.1 Å². The molecular weight excluding hydrogens is 309 g/mol. The minimum Gasteiger partial charge on any atom is -0.319 e. The van der Waals surface area contributed by atoms with E-state index in [2.05, 4.69) is 21.2 Å². The Morgan fingerprint density at radius 3 is 2.47 bits per heavy atom. The highest BCUT2D eigenvalue weighted by Gasteiger charge is 2.10. The molecule has 0 fully saturated rings. The van der Waals surface area contributed by atoms with Crippen molar-refractivity contribution in [2.45, 2.75) is 13.8 Å². The molecule has 2 nitrogen and oxygen atoms in total. The van der Waals surface area contributed by atoms with E-state index in [1.165, 1.54) is 12.1 Å². The summed E-state index contributed by atoms with van der Waals surface area (Å²) in [4.78, 5) is 12.0. The first kappa shape index (κ1) is 13.7. The minimum absolute atomic E-state index is 0.173. The normalized spacial score (nSPS) is 10.3. The van der Waals surface area contributed by atoms with Gasteiger partial charge in [0.2, 0.25) is 0 Å². The van der Waals surface area contributed by atoms with Crippen molar-refractivity contribution in [1.29, 1.82) is 0 Å². The maximum Gasteiger partial charge on any atom is 0.255 e. The predicted octanol–water partition coefficient (Wildman–Crippen LogP) is 4.46. The Bertz CT molecular complexity index is 640. The number of carbonyl (C=O) groups excluding carboxylic acids is 1. The van der Waals surface area contributed by atoms with E-state index in [-0.39, 0.29) is 11.6 Å². The Kier molecular flexibility index (Phi) is 4.00. The molecule has 0 aliphatic rings. The number of aryl methyl sites for hydroxylation is 2. The van der Waals surface area contributed by atoms with E-state index in [4.69, 9.17) is 0 Å². The second-order valence-corrected chi connectivity index (χ2v) is 5.29. The SMILES string of the molecule is Cc1ccc(C(=O)Nc2ccc(Br)cc2F)cc1C. The van der Waals surface area contributed by atoms with Crippen LogP contribution in [-0.2, 0) is 0 Å². The summed E-state index contributed by atoms with van der Waals surface area (Å²) < 4.78 is 14.3. The van der Waals surface area contributed by atoms with E-state index in [1.54, 1.807) is 18.2 Å². The minimum atomic E-state index is -0.466. The molecule has 98 valence electrons. The van der Waals surface area contributed by atoms with Crippen molar-refractivity contribution in [1.82, 2.24) is 0 Å². The summed E-state index contributed by atoms with van der Waals surface area (Å²) in [5, 5.41) is 2.57. The summed E-state index contributed by atoms with van der Waals surface area (Å²) in [5.74, 6) is -0.782. The second kappa shape index (κ2) is 5.53. The van der Waals surface area contributed by atoms with Crippen LogP contribution < -0.4 is 5.32 Å². The fraction of sp³-hybridized carbons (Fsp3) is 0.133. The van der Waals surface area contributed by atoms with Gasteiger partial charge in [0.05, 0.1) is 5.69 Å². The summed E-state index contributed by atoms with van der Waals surface area (Å²) >= 11 is 3.17. The zero-order chi connectivity index (χ0) is 14.0. The van der Waals surface area contributed by atoms with Crippen LogP contribution in [0.3, 0.4) is 0 Å². The number of hydrogen-bond acceptors (Lipinski definition) is 1. The lowest BCUT2D eigenvalue weighted by atomic mass is 10.1. The fourth-order valence-electron chi connectivity index (χ4n) is 1.67. The van der Waals surface area contributed by atoms with E-state index in [9.17, 15) is 9.18 Å². The number of hydrogen-bond donors (Lipinski definition) is 1. The number of nitrogens with one attached hydrogen (secondary N) is 1. The van der Waals surface area contributed by atoms with E-state index in [0.29, 0.717) is 10.0 Å². The quantitative estimate of drug-likeness (QED) is 0.869. The number of halogens is 2. The lowest BCUT2D eigenvalue weighted by molar-refractivity contribution is 0.102. The Morgan fingerprint density at radius 1 is 1.11 bits per heavy atom. The number of amides is 1. The Hall–Kier alpha value is -1.68. The molecule has 0 aliphatic carbocycles. The highest BCUT2D eigenvalue weighted by Crippen LogP contribution is 2.20. The van der Waals surface area contributed by atoms with Gasteiger partial charge in [-0.3, -0.25) is 4.79 Å². The second-order valence-electron chi connectivity index (χ2n) is 4.38. The van der Waals surface area contributed by atoms with Crippen LogP contribution in [0.2, 0.25) is 0 Å². The maximum atomic E-state index is 13.6. The van der Waals surface area contributed by atoms with Gasteiger partial charge in [0.25, 0.3) is 5.91 Å². The molecule has 0 saturated carbocycles. The van der Waals surface area contributed by atoms with Gasteiger partial charge in [-0.15, -0.1) is 0 Å². The van der Waals surface area contributed by atoms with Crippen LogP contribution in [0.25, 0.3) is 0 Å². The first-order valence-corrected chi connectivity index (χ1v) is 6.60. The predicted molar refractivity (Wildman–Crippen MR) is 78.0 cm³/mol. The molecule has 0 saturated heterocycles. The molecule has 0 heterocycles. The average Bonchev–Trinajstić information content (AvgIpc) is 2.36. The van der Waals surface area contributed by atoms with Gasteiger partial charge >= 0.3 is 0 Å². The van der Waals surface area contributed by atoms with Gasteiger partial charge in [0.15, 0.2) is 0 Å². The molecule has 19 heavy (non-hydrogen) atoms. The first-order chi connectivity index (χ1) is 8.97. The standard InChI is InChI=1S/C15H13BrFNO/c1-9-3-4-11(7-10(9)2)15(19)18-14-6-5-12(16)8-13(14)17/h3-8H,1-2H3,(H,18,19). The Balaban J connectivity index is 2.23. The highest BCUT2D eigenvalue weighted by molar-refractivity contribution is 9.10. The third-order valence-corrected chi connectivity index (χ3v) is 3.44. The fourth-order valence-corrected chi connectivity index (χ4v) is 2.00. The number of anilines is 1. The molecule has 0 atom stereocenters. The van der Waals surface area contributed by atoms with E-state index in [0.717, 1.165) is 11.1 Å². The van der Waals surface area contributed by atoms with Crippen molar-refractivity contribution in [2.24, 2.45) is 0 Å². The summed E-state index contributed by atoms with van der Waals surface area (Å²) in [6, 6.07) is 9.92. The van der Waals surface area contributed by atoms with Gasteiger partial charge in [0.1, 0.15) is 5.82 Å². The van der Waals surface area contributed by atoms with E-state index in [1.807, 2.05) is 19.9 Å². The van der Waals surface area contributed by atoms with Crippen LogP contribution >= 0.6 is 15.9 Å². The van der Waals surface area contributed by atoms with Gasteiger partial charge in [-0.2, -0.15) is 0 Å². The molecule has 2 aromatic rings. The number of carbonyl (C=O) groups is 1. The Labute approximate surface area is 119 Å². The van der Waals surface area contributed by atoms with Gasteiger partial charge in [0, 0.05) is 10.0 Å². The molecule has 4 heteroatoms. The van der Waals surface area contributed by atoms with Gasteiger partial charge < -0.3 is 5.32 Å². The monoisotopic (exact) mass is 321 g/mol. The van der Waals surface area contributed by atoms with Crippen LogP contribution in [0.5, 0.6) is 0 Å². The maximum absolute atomic E-state index is 13.6.